The van der Waals surface area contributed by atoms with E-state index in [2.05, 4.69) is 4.90 Å². The van der Waals surface area contributed by atoms with E-state index < -0.39 is 0 Å². The smallest absolute Gasteiger partial charge is 0.117 e. The maximum Gasteiger partial charge on any atom is 0.117 e. The Kier molecular flexibility index (Phi) is 3.03. The van der Waals surface area contributed by atoms with Crippen molar-refractivity contribution >= 4 is 17.3 Å². The fourth-order valence-electron chi connectivity index (χ4n) is 2.06. The monoisotopic (exact) mass is 227 g/mol. The number of benzene rings is 1. The summed E-state index contributed by atoms with van der Waals surface area (Å²) in [6.45, 7) is 1.01. The molecule has 0 spiro atoms. The summed E-state index contributed by atoms with van der Waals surface area (Å²) in [5.41, 5.74) is 0.813. The van der Waals surface area contributed by atoms with Crippen molar-refractivity contribution in [1.82, 2.24) is 0 Å². The average Bonchev–Trinajstić information content (AvgIpc) is 2.69. The van der Waals surface area contributed by atoms with E-state index in [4.69, 9.17) is 11.6 Å². The highest BCUT2D eigenvalue weighted by Crippen LogP contribution is 2.34. The van der Waals surface area contributed by atoms with E-state index in [1.54, 1.807) is 18.2 Å². The van der Waals surface area contributed by atoms with Crippen molar-refractivity contribution < 1.29 is 10.2 Å². The summed E-state index contributed by atoms with van der Waals surface area (Å²) in [7, 11) is 0. The van der Waals surface area contributed by atoms with Crippen LogP contribution in [0.1, 0.15) is 12.8 Å². The minimum Gasteiger partial charge on any atom is -0.508 e. The lowest BCUT2D eigenvalue weighted by Gasteiger charge is -2.26. The number of hydrogen-bond donors (Lipinski definition) is 2. The highest BCUT2D eigenvalue weighted by atomic mass is 35.5. The predicted octanol–water partition coefficient (Wildman–Crippen LogP) is 2.01. The number of nitrogens with zero attached hydrogens (tertiary/aromatic N) is 1. The van der Waals surface area contributed by atoms with E-state index in [0.717, 1.165) is 25.1 Å². The van der Waals surface area contributed by atoms with Crippen LogP contribution >= 0.6 is 11.6 Å². The molecular formula is C11H14ClNO2. The van der Waals surface area contributed by atoms with Gasteiger partial charge in [-0.1, -0.05) is 11.6 Å². The van der Waals surface area contributed by atoms with Crippen molar-refractivity contribution in [3.05, 3.63) is 23.2 Å². The van der Waals surface area contributed by atoms with Crippen LogP contribution in [0.25, 0.3) is 0 Å². The molecule has 82 valence electrons. The fourth-order valence-corrected chi connectivity index (χ4v) is 2.29. The summed E-state index contributed by atoms with van der Waals surface area (Å²) < 4.78 is 0. The number of rotatable bonds is 2. The molecule has 1 atom stereocenters. The van der Waals surface area contributed by atoms with Crippen LogP contribution in [-0.2, 0) is 0 Å². The second-order valence-corrected chi connectivity index (χ2v) is 4.21. The number of halogens is 1. The molecule has 2 rings (SSSR count). The molecule has 2 N–H and O–H groups in total. The first-order chi connectivity index (χ1) is 7.22. The van der Waals surface area contributed by atoms with Crippen molar-refractivity contribution in [2.45, 2.75) is 18.9 Å². The quantitative estimate of drug-likeness (QED) is 0.813. The molecule has 1 saturated heterocycles. The molecule has 1 heterocycles. The summed E-state index contributed by atoms with van der Waals surface area (Å²) in [5.74, 6) is 0.206. The largest absolute Gasteiger partial charge is 0.508 e. The Morgan fingerprint density at radius 3 is 3.00 bits per heavy atom. The molecule has 0 aliphatic carbocycles. The number of aliphatic hydroxyl groups excluding tert-OH is 1. The number of phenolic OH excluding ortho intramolecular Hbond substituents is 1. The lowest BCUT2D eigenvalue weighted by molar-refractivity contribution is 0.266. The standard InChI is InChI=1S/C11H14ClNO2/c12-10-4-3-9(15)6-11(10)13-5-1-2-8(13)7-14/h3-4,6,8,14-15H,1-2,5,7H2. The van der Waals surface area contributed by atoms with E-state index in [-0.39, 0.29) is 18.4 Å². The zero-order valence-corrected chi connectivity index (χ0v) is 9.11. The summed E-state index contributed by atoms with van der Waals surface area (Å²) in [6, 6.07) is 5.02. The molecule has 0 aromatic heterocycles. The molecule has 1 unspecified atom stereocenters. The zero-order valence-electron chi connectivity index (χ0n) is 8.36. The average molecular weight is 228 g/mol. The van der Waals surface area contributed by atoms with Gasteiger partial charge in [0.15, 0.2) is 0 Å². The van der Waals surface area contributed by atoms with Crippen LogP contribution in [0.4, 0.5) is 5.69 Å². The zero-order chi connectivity index (χ0) is 10.8. The Balaban J connectivity index is 2.31. The van der Waals surface area contributed by atoms with Crippen molar-refractivity contribution in [1.29, 1.82) is 0 Å². The van der Waals surface area contributed by atoms with Gasteiger partial charge in [0.25, 0.3) is 0 Å². The van der Waals surface area contributed by atoms with Gasteiger partial charge in [0, 0.05) is 12.6 Å². The normalized spacial score (nSPS) is 20.9. The molecule has 1 aliphatic heterocycles. The summed E-state index contributed by atoms with van der Waals surface area (Å²) >= 11 is 6.06. The summed E-state index contributed by atoms with van der Waals surface area (Å²) in [5, 5.41) is 19.2. The maximum absolute atomic E-state index is 9.41. The van der Waals surface area contributed by atoms with Crippen molar-refractivity contribution in [2.75, 3.05) is 18.1 Å². The molecule has 1 aromatic rings. The van der Waals surface area contributed by atoms with E-state index in [9.17, 15) is 10.2 Å². The van der Waals surface area contributed by atoms with Crippen molar-refractivity contribution in [3.8, 4) is 5.75 Å². The third-order valence-electron chi connectivity index (χ3n) is 2.83. The first-order valence-corrected chi connectivity index (χ1v) is 5.46. The minimum absolute atomic E-state index is 0.129. The van der Waals surface area contributed by atoms with E-state index >= 15 is 0 Å². The van der Waals surface area contributed by atoms with Gasteiger partial charge < -0.3 is 15.1 Å². The molecule has 0 amide bonds. The van der Waals surface area contributed by atoms with E-state index in [1.807, 2.05) is 0 Å². The Bertz CT molecular complexity index is 356. The Morgan fingerprint density at radius 2 is 2.27 bits per heavy atom. The number of aliphatic hydroxyl groups is 1. The van der Waals surface area contributed by atoms with Gasteiger partial charge in [-0.25, -0.2) is 0 Å². The minimum atomic E-state index is 0.129. The Morgan fingerprint density at radius 1 is 1.47 bits per heavy atom. The predicted molar refractivity (Wildman–Crippen MR) is 60.6 cm³/mol. The first-order valence-electron chi connectivity index (χ1n) is 5.08. The Hall–Kier alpha value is -0.930. The van der Waals surface area contributed by atoms with Crippen LogP contribution < -0.4 is 4.90 Å². The molecule has 4 heteroatoms. The Labute approximate surface area is 93.9 Å². The summed E-state index contributed by atoms with van der Waals surface area (Å²) in [6.07, 6.45) is 2.03. The number of hydrogen-bond acceptors (Lipinski definition) is 3. The van der Waals surface area contributed by atoms with Gasteiger partial charge in [-0.05, 0) is 25.0 Å². The van der Waals surface area contributed by atoms with Crippen LogP contribution in [0, 0.1) is 0 Å². The lowest BCUT2D eigenvalue weighted by Crippen LogP contribution is -2.32. The van der Waals surface area contributed by atoms with Gasteiger partial charge >= 0.3 is 0 Å². The highest BCUT2D eigenvalue weighted by Gasteiger charge is 2.25. The van der Waals surface area contributed by atoms with Gasteiger partial charge in [-0.3, -0.25) is 0 Å². The van der Waals surface area contributed by atoms with Crippen LogP contribution in [0.5, 0.6) is 5.75 Å². The topological polar surface area (TPSA) is 43.7 Å². The van der Waals surface area contributed by atoms with Gasteiger partial charge in [0.05, 0.1) is 23.4 Å². The van der Waals surface area contributed by atoms with Gasteiger partial charge in [-0.2, -0.15) is 0 Å². The molecule has 0 radical (unpaired) electrons. The van der Waals surface area contributed by atoms with Crippen molar-refractivity contribution in [2.24, 2.45) is 0 Å². The fraction of sp³-hybridized carbons (Fsp3) is 0.455. The van der Waals surface area contributed by atoms with Gasteiger partial charge in [0.1, 0.15) is 5.75 Å². The molecule has 1 fully saturated rings. The number of phenols is 1. The maximum atomic E-state index is 9.41. The van der Waals surface area contributed by atoms with Crippen LogP contribution in [0.15, 0.2) is 18.2 Å². The second kappa shape index (κ2) is 4.29. The molecule has 0 bridgehead atoms. The van der Waals surface area contributed by atoms with Crippen LogP contribution in [0.3, 0.4) is 0 Å². The molecule has 3 nitrogen and oxygen atoms in total. The van der Waals surface area contributed by atoms with Crippen LogP contribution in [-0.4, -0.2) is 29.4 Å². The first kappa shape index (κ1) is 10.6. The number of anilines is 1. The van der Waals surface area contributed by atoms with Crippen molar-refractivity contribution in [3.63, 3.8) is 0 Å². The molecule has 0 saturated carbocycles. The molecule has 1 aromatic carbocycles. The highest BCUT2D eigenvalue weighted by molar-refractivity contribution is 6.33. The lowest BCUT2D eigenvalue weighted by atomic mass is 10.2. The number of aromatic hydroxyl groups is 1. The summed E-state index contributed by atoms with van der Waals surface area (Å²) in [4.78, 5) is 2.06. The molecule has 15 heavy (non-hydrogen) atoms. The third kappa shape index (κ3) is 2.03. The van der Waals surface area contributed by atoms with Gasteiger partial charge in [-0.15, -0.1) is 0 Å². The van der Waals surface area contributed by atoms with E-state index in [0.29, 0.717) is 5.02 Å². The second-order valence-electron chi connectivity index (χ2n) is 3.81. The molecule has 1 aliphatic rings. The SMILES string of the molecule is OCC1CCCN1c1cc(O)ccc1Cl. The van der Waals surface area contributed by atoms with Gasteiger partial charge in [0.2, 0.25) is 0 Å². The van der Waals surface area contributed by atoms with Crippen LogP contribution in [0.2, 0.25) is 5.02 Å². The third-order valence-corrected chi connectivity index (χ3v) is 3.15. The van der Waals surface area contributed by atoms with E-state index in [1.165, 1.54) is 0 Å². The molecular weight excluding hydrogens is 214 g/mol.